The van der Waals surface area contributed by atoms with Crippen LogP contribution in [0.1, 0.15) is 21.8 Å². The quantitative estimate of drug-likeness (QED) is 0.862. The zero-order valence-electron chi connectivity index (χ0n) is 10.6. The topological polar surface area (TPSA) is 103 Å². The van der Waals surface area contributed by atoms with Crippen LogP contribution in [-0.4, -0.2) is 23.2 Å². The maximum atomic E-state index is 11.9. The molecule has 2 rings (SSSR count). The first kappa shape index (κ1) is 13.0. The fourth-order valence-electron chi connectivity index (χ4n) is 1.53. The molecule has 100 valence electrons. The van der Waals surface area contributed by atoms with Crippen molar-refractivity contribution < 1.29 is 14.1 Å². The number of aromatic nitrogens is 2. The van der Waals surface area contributed by atoms with Crippen LogP contribution < -0.4 is 11.1 Å². The second kappa shape index (κ2) is 5.49. The molecule has 0 fully saturated rings. The Balaban J connectivity index is 2.11. The number of pyridine rings is 1. The summed E-state index contributed by atoms with van der Waals surface area (Å²) in [5, 5.41) is 6.30. The van der Waals surface area contributed by atoms with Crippen molar-refractivity contribution in [1.29, 1.82) is 0 Å². The monoisotopic (exact) mass is 262 g/mol. The second-order valence-corrected chi connectivity index (χ2v) is 4.00. The molecule has 2 heterocycles. The number of rotatable bonds is 4. The van der Waals surface area contributed by atoms with Crippen LogP contribution >= 0.6 is 0 Å². The van der Waals surface area contributed by atoms with E-state index in [0.29, 0.717) is 17.3 Å². The summed E-state index contributed by atoms with van der Waals surface area (Å²) >= 11 is 0. The van der Waals surface area contributed by atoms with Gasteiger partial charge in [-0.1, -0.05) is 5.16 Å². The van der Waals surface area contributed by atoms with Gasteiger partial charge in [-0.15, -0.1) is 0 Å². The van der Waals surface area contributed by atoms with Gasteiger partial charge in [0, 0.05) is 13.2 Å². The molecule has 2 aromatic rings. The lowest BCUT2D eigenvalue weighted by Crippen LogP contribution is -2.14. The van der Waals surface area contributed by atoms with Crippen molar-refractivity contribution in [2.24, 2.45) is 0 Å². The smallest absolute Gasteiger partial charge is 0.279 e. The molecule has 0 bridgehead atoms. The molecule has 19 heavy (non-hydrogen) atoms. The lowest BCUT2D eigenvalue weighted by Gasteiger charge is -2.05. The van der Waals surface area contributed by atoms with E-state index in [4.69, 9.17) is 15.0 Å². The molecule has 2 aromatic heterocycles. The van der Waals surface area contributed by atoms with Gasteiger partial charge in [0.05, 0.1) is 11.9 Å². The molecule has 1 amide bonds. The van der Waals surface area contributed by atoms with Gasteiger partial charge in [0.15, 0.2) is 11.5 Å². The summed E-state index contributed by atoms with van der Waals surface area (Å²) in [6.45, 7) is 2.07. The van der Waals surface area contributed by atoms with E-state index >= 15 is 0 Å². The Kier molecular flexibility index (Phi) is 3.76. The normalized spacial score (nSPS) is 10.4. The van der Waals surface area contributed by atoms with Gasteiger partial charge in [-0.05, 0) is 18.6 Å². The van der Waals surface area contributed by atoms with E-state index in [9.17, 15) is 4.79 Å². The van der Waals surface area contributed by atoms with Crippen LogP contribution in [0, 0.1) is 6.92 Å². The Bertz CT molecular complexity index is 594. The highest BCUT2D eigenvalue weighted by Crippen LogP contribution is 2.15. The molecular weight excluding hydrogens is 248 g/mol. The van der Waals surface area contributed by atoms with Gasteiger partial charge < -0.3 is 20.3 Å². The number of methoxy groups -OCH3 is 1. The van der Waals surface area contributed by atoms with Gasteiger partial charge in [-0.3, -0.25) is 4.79 Å². The Morgan fingerprint density at radius 1 is 1.53 bits per heavy atom. The molecule has 0 saturated carbocycles. The first-order valence-electron chi connectivity index (χ1n) is 5.58. The third-order valence-electron chi connectivity index (χ3n) is 2.41. The molecule has 0 aliphatic heterocycles. The Morgan fingerprint density at radius 3 is 3.00 bits per heavy atom. The minimum Gasteiger partial charge on any atom is -0.397 e. The van der Waals surface area contributed by atoms with Gasteiger partial charge in [-0.2, -0.15) is 0 Å². The lowest BCUT2D eigenvalue weighted by molar-refractivity contribution is 0.101. The van der Waals surface area contributed by atoms with Gasteiger partial charge >= 0.3 is 0 Å². The van der Waals surface area contributed by atoms with Crippen molar-refractivity contribution in [3.63, 3.8) is 0 Å². The number of carbonyl (C=O) groups excluding carboxylic acids is 1. The fourth-order valence-corrected chi connectivity index (χ4v) is 1.53. The molecule has 0 saturated heterocycles. The number of carbonyl (C=O) groups is 1. The van der Waals surface area contributed by atoms with E-state index in [0.717, 1.165) is 5.56 Å². The van der Waals surface area contributed by atoms with Crippen molar-refractivity contribution in [3.8, 4) is 0 Å². The van der Waals surface area contributed by atoms with Gasteiger partial charge in [-0.25, -0.2) is 4.98 Å². The number of nitrogens with one attached hydrogen (secondary N) is 1. The molecule has 0 aromatic carbocycles. The number of nitrogens with two attached hydrogens (primary N) is 1. The number of amides is 1. The van der Waals surface area contributed by atoms with E-state index in [1.165, 1.54) is 19.4 Å². The molecule has 7 nitrogen and oxygen atoms in total. The molecule has 0 atom stereocenters. The minimum atomic E-state index is -0.397. The average molecular weight is 262 g/mol. The minimum absolute atomic E-state index is 0.171. The number of hydrogen-bond donors (Lipinski definition) is 2. The van der Waals surface area contributed by atoms with Crippen molar-refractivity contribution in [2.45, 2.75) is 13.5 Å². The van der Waals surface area contributed by atoms with Gasteiger partial charge in [0.1, 0.15) is 12.4 Å². The number of nitrogen functional groups attached to an aromatic ring is 1. The Morgan fingerprint density at radius 2 is 2.32 bits per heavy atom. The number of anilines is 2. The molecule has 0 radical (unpaired) electrons. The van der Waals surface area contributed by atoms with Crippen LogP contribution in [0.15, 0.2) is 22.9 Å². The third-order valence-corrected chi connectivity index (χ3v) is 2.41. The van der Waals surface area contributed by atoms with Crippen LogP contribution in [0.25, 0.3) is 0 Å². The first-order chi connectivity index (χ1) is 9.10. The number of nitrogens with zero attached hydrogens (tertiary/aromatic N) is 2. The molecule has 0 spiro atoms. The van der Waals surface area contributed by atoms with Crippen LogP contribution in [0.3, 0.4) is 0 Å². The fraction of sp³-hybridized carbons (Fsp3) is 0.250. The summed E-state index contributed by atoms with van der Waals surface area (Å²) in [5.41, 5.74) is 7.07. The number of ether oxygens (including phenoxy) is 1. The number of aryl methyl sites for hydroxylation is 1. The van der Waals surface area contributed by atoms with E-state index in [1.54, 1.807) is 13.0 Å². The largest absolute Gasteiger partial charge is 0.397 e. The van der Waals surface area contributed by atoms with Crippen LogP contribution in [0.5, 0.6) is 0 Å². The molecule has 0 aliphatic rings. The Hall–Kier alpha value is -2.41. The van der Waals surface area contributed by atoms with Gasteiger partial charge in [0.25, 0.3) is 5.91 Å². The highest BCUT2D eigenvalue weighted by Gasteiger charge is 2.14. The highest BCUT2D eigenvalue weighted by molar-refractivity contribution is 6.02. The summed E-state index contributed by atoms with van der Waals surface area (Å²) in [6.07, 6.45) is 1.47. The van der Waals surface area contributed by atoms with Crippen LogP contribution in [0.4, 0.5) is 11.5 Å². The third kappa shape index (κ3) is 3.08. The summed E-state index contributed by atoms with van der Waals surface area (Å²) in [4.78, 5) is 16.0. The summed E-state index contributed by atoms with van der Waals surface area (Å²) < 4.78 is 9.82. The Labute approximate surface area is 109 Å². The highest BCUT2D eigenvalue weighted by atomic mass is 16.5. The van der Waals surface area contributed by atoms with E-state index in [2.05, 4.69) is 15.5 Å². The van der Waals surface area contributed by atoms with Crippen LogP contribution in [0.2, 0.25) is 0 Å². The SMILES string of the molecule is COCc1cc(C(=O)Nc2ncc(N)cc2C)no1. The predicted molar refractivity (Wildman–Crippen MR) is 68.6 cm³/mol. The maximum Gasteiger partial charge on any atom is 0.279 e. The summed E-state index contributed by atoms with van der Waals surface area (Å²) in [6, 6.07) is 3.24. The van der Waals surface area contributed by atoms with Crippen molar-refractivity contribution in [2.75, 3.05) is 18.2 Å². The summed E-state index contributed by atoms with van der Waals surface area (Å²) in [7, 11) is 1.53. The van der Waals surface area contributed by atoms with Crippen molar-refractivity contribution in [3.05, 3.63) is 35.3 Å². The second-order valence-electron chi connectivity index (χ2n) is 4.00. The first-order valence-corrected chi connectivity index (χ1v) is 5.58. The standard InChI is InChI=1S/C12H14N4O3/c1-7-3-8(13)5-14-11(7)15-12(17)10-4-9(6-18-2)19-16-10/h3-5H,6,13H2,1-2H3,(H,14,15,17). The van der Waals surface area contributed by atoms with E-state index < -0.39 is 5.91 Å². The van der Waals surface area contributed by atoms with Crippen molar-refractivity contribution >= 4 is 17.4 Å². The van der Waals surface area contributed by atoms with Gasteiger partial charge in [0.2, 0.25) is 0 Å². The molecular formula is C12H14N4O3. The summed E-state index contributed by atoms with van der Waals surface area (Å²) in [5.74, 6) is 0.525. The zero-order chi connectivity index (χ0) is 13.8. The van der Waals surface area contributed by atoms with Crippen molar-refractivity contribution in [1.82, 2.24) is 10.1 Å². The van der Waals surface area contributed by atoms with Crippen LogP contribution in [-0.2, 0) is 11.3 Å². The average Bonchev–Trinajstić information content (AvgIpc) is 2.82. The molecule has 7 heteroatoms. The molecule has 0 aliphatic carbocycles. The molecule has 3 N–H and O–H groups in total. The number of hydrogen-bond acceptors (Lipinski definition) is 6. The molecule has 0 unspecified atom stereocenters. The van der Waals surface area contributed by atoms with E-state index in [1.807, 2.05) is 0 Å². The lowest BCUT2D eigenvalue weighted by atomic mass is 10.2. The predicted octanol–water partition coefficient (Wildman–Crippen LogP) is 1.36. The zero-order valence-corrected chi connectivity index (χ0v) is 10.6. The van der Waals surface area contributed by atoms with E-state index in [-0.39, 0.29) is 12.3 Å². The maximum absolute atomic E-state index is 11.9.